The van der Waals surface area contributed by atoms with Crippen molar-refractivity contribution < 1.29 is 0 Å². The molecule has 3 aliphatic carbocycles. The number of benzene rings is 9. The summed E-state index contributed by atoms with van der Waals surface area (Å²) in [6.07, 6.45) is 15.5. The van der Waals surface area contributed by atoms with Gasteiger partial charge in [-0.2, -0.15) is 0 Å². The molecule has 0 atom stereocenters. The Morgan fingerprint density at radius 1 is 0.464 bits per heavy atom. The summed E-state index contributed by atoms with van der Waals surface area (Å²) < 4.78 is 2.42. The molecule has 0 bridgehead atoms. The van der Waals surface area contributed by atoms with Gasteiger partial charge in [0.25, 0.3) is 0 Å². The third kappa shape index (κ3) is 6.63. The van der Waals surface area contributed by atoms with Crippen molar-refractivity contribution in [2.45, 2.75) is 19.8 Å². The first kappa shape index (κ1) is 40.5. The summed E-state index contributed by atoms with van der Waals surface area (Å²) in [4.78, 5) is 2.45. The molecule has 0 unspecified atom stereocenters. The number of allylic oxidation sites excluding steroid dienone is 10. The monoisotopic (exact) mass is 880 g/mol. The largest absolute Gasteiger partial charge is 0.310 e. The Bertz CT molecular complexity index is 3900. The molecule has 0 aliphatic heterocycles. The van der Waals surface area contributed by atoms with Crippen molar-refractivity contribution in [3.05, 3.63) is 277 Å². The number of aromatic nitrogens is 1. The zero-order valence-corrected chi connectivity index (χ0v) is 38.5. The maximum absolute atomic E-state index is 4.32. The molecule has 69 heavy (non-hydrogen) atoms. The first-order valence-electron chi connectivity index (χ1n) is 24.1. The van der Waals surface area contributed by atoms with Crippen molar-refractivity contribution >= 4 is 71.9 Å². The van der Waals surface area contributed by atoms with Crippen LogP contribution in [0.4, 0.5) is 17.1 Å². The molecule has 10 aromatic rings. The van der Waals surface area contributed by atoms with E-state index in [1.807, 2.05) is 6.08 Å². The van der Waals surface area contributed by atoms with E-state index in [9.17, 15) is 0 Å². The van der Waals surface area contributed by atoms with Crippen LogP contribution >= 0.6 is 0 Å². The standard InChI is InChI=1S/C67H48N2/c1-3-16-59-54(4-2)55-21-10-12-24-60(55)66(59)67-61-25-13-11-22-56(61)57-39-37-52(43-63(57)67)68(50-34-31-48(32-35-50)47-29-27-46(28-30-47)44-17-6-5-7-18-44)53-38-40-65-62(42-53)58-23-14-15-26-64(58)69(65)51-36-33-45-19-8-9-20-49(45)41-51/h3-4,6,8-43H,2,5,7H2,1H3/b16-3-,67-66-. The Morgan fingerprint density at radius 3 is 1.86 bits per heavy atom. The summed E-state index contributed by atoms with van der Waals surface area (Å²) in [5, 5.41) is 4.89. The van der Waals surface area contributed by atoms with Crippen LogP contribution in [0.5, 0.6) is 0 Å². The van der Waals surface area contributed by atoms with E-state index >= 15 is 0 Å². The molecule has 3 aliphatic rings. The number of anilines is 3. The Kier molecular flexibility index (Phi) is 9.73. The van der Waals surface area contributed by atoms with Crippen molar-refractivity contribution in [2.24, 2.45) is 0 Å². The van der Waals surface area contributed by atoms with Crippen LogP contribution in [-0.2, 0) is 0 Å². The average molecular weight is 881 g/mol. The molecule has 1 heterocycles. The number of nitrogens with zero attached hydrogens (tertiary/aromatic N) is 2. The van der Waals surface area contributed by atoms with Crippen molar-refractivity contribution in [3.63, 3.8) is 0 Å². The number of fused-ring (bicyclic) bond motifs is 8. The van der Waals surface area contributed by atoms with Gasteiger partial charge in [-0.15, -0.1) is 0 Å². The van der Waals surface area contributed by atoms with E-state index in [1.165, 1.54) is 111 Å². The Balaban J connectivity index is 1.01. The van der Waals surface area contributed by atoms with Crippen LogP contribution in [0.2, 0.25) is 0 Å². The molecular weight excluding hydrogens is 833 g/mol. The van der Waals surface area contributed by atoms with E-state index in [0.717, 1.165) is 35.6 Å². The van der Waals surface area contributed by atoms with Crippen LogP contribution in [0, 0.1) is 0 Å². The predicted octanol–water partition coefficient (Wildman–Crippen LogP) is 18.3. The van der Waals surface area contributed by atoms with Crippen molar-refractivity contribution in [2.75, 3.05) is 4.90 Å². The molecular formula is C67H48N2. The highest BCUT2D eigenvalue weighted by molar-refractivity contribution is 6.20. The predicted molar refractivity (Wildman–Crippen MR) is 294 cm³/mol. The van der Waals surface area contributed by atoms with Gasteiger partial charge in [0.1, 0.15) is 0 Å². The molecule has 9 aromatic carbocycles. The summed E-state index contributed by atoms with van der Waals surface area (Å²) >= 11 is 0. The molecule has 2 heteroatoms. The molecule has 326 valence electrons. The Morgan fingerprint density at radius 2 is 1.09 bits per heavy atom. The minimum absolute atomic E-state index is 1.09. The second-order valence-corrected chi connectivity index (χ2v) is 18.3. The normalized spacial score (nSPS) is 15.0. The van der Waals surface area contributed by atoms with Crippen molar-refractivity contribution in [1.82, 2.24) is 4.57 Å². The van der Waals surface area contributed by atoms with E-state index in [0.29, 0.717) is 0 Å². The molecule has 0 saturated heterocycles. The van der Waals surface area contributed by atoms with Crippen molar-refractivity contribution in [3.8, 4) is 27.9 Å². The van der Waals surface area contributed by atoms with Gasteiger partial charge in [0.05, 0.1) is 11.0 Å². The molecule has 0 radical (unpaired) electrons. The number of para-hydroxylation sites is 1. The second-order valence-electron chi connectivity index (χ2n) is 18.3. The van der Waals surface area contributed by atoms with Gasteiger partial charge in [-0.1, -0.05) is 183 Å². The Hall–Kier alpha value is -8.72. The van der Waals surface area contributed by atoms with Crippen LogP contribution in [0.1, 0.15) is 47.6 Å². The van der Waals surface area contributed by atoms with Crippen LogP contribution in [0.15, 0.2) is 249 Å². The SMILES string of the molecule is C=CC1=C(/C=C\C)/C(=C2\c3ccccc3-c3ccc(N(c4ccc(-c5ccc(C6=CCCC=C6)cc5)cc4)c4ccc5c(c4)c4ccccc4n5-c4ccc5ccccc5c4)cc32)c2ccccc21. The van der Waals surface area contributed by atoms with Gasteiger partial charge in [0, 0.05) is 33.5 Å². The van der Waals surface area contributed by atoms with Gasteiger partial charge in [0.15, 0.2) is 0 Å². The van der Waals surface area contributed by atoms with Crippen molar-refractivity contribution in [1.29, 1.82) is 0 Å². The zero-order chi connectivity index (χ0) is 46.0. The lowest BCUT2D eigenvalue weighted by molar-refractivity contribution is 1.04. The van der Waals surface area contributed by atoms with E-state index in [1.54, 1.807) is 0 Å². The number of hydrogen-bond acceptors (Lipinski definition) is 1. The fourth-order valence-electron chi connectivity index (χ4n) is 11.3. The first-order valence-corrected chi connectivity index (χ1v) is 24.1. The van der Waals surface area contributed by atoms with Crippen LogP contribution < -0.4 is 4.90 Å². The minimum atomic E-state index is 1.09. The van der Waals surface area contributed by atoms with Gasteiger partial charge >= 0.3 is 0 Å². The fourth-order valence-corrected chi connectivity index (χ4v) is 11.3. The molecule has 0 N–H and O–H groups in total. The highest BCUT2D eigenvalue weighted by Gasteiger charge is 2.33. The Labute approximate surface area is 403 Å². The van der Waals surface area contributed by atoms with Gasteiger partial charge in [-0.05, 0) is 169 Å². The zero-order valence-electron chi connectivity index (χ0n) is 38.5. The highest BCUT2D eigenvalue weighted by Crippen LogP contribution is 2.55. The van der Waals surface area contributed by atoms with Crippen LogP contribution in [0.25, 0.3) is 82.8 Å². The summed E-state index contributed by atoms with van der Waals surface area (Å²) in [7, 11) is 0. The molecule has 1 aromatic heterocycles. The summed E-state index contributed by atoms with van der Waals surface area (Å²) in [5.41, 5.74) is 24.1. The topological polar surface area (TPSA) is 8.17 Å². The fraction of sp³-hybridized carbons (Fsp3) is 0.0448. The lowest BCUT2D eigenvalue weighted by Crippen LogP contribution is -2.10. The molecule has 0 spiro atoms. The molecule has 0 fully saturated rings. The number of hydrogen-bond donors (Lipinski definition) is 0. The molecule has 0 saturated carbocycles. The quantitative estimate of drug-likeness (QED) is 0.148. The average Bonchev–Trinajstić information content (AvgIpc) is 4.03. The lowest BCUT2D eigenvalue weighted by Gasteiger charge is -2.27. The molecule has 2 nitrogen and oxygen atoms in total. The van der Waals surface area contributed by atoms with Gasteiger partial charge in [-0.25, -0.2) is 0 Å². The van der Waals surface area contributed by atoms with Gasteiger partial charge < -0.3 is 9.47 Å². The highest BCUT2D eigenvalue weighted by atomic mass is 15.1. The summed E-state index contributed by atoms with van der Waals surface area (Å²) in [6, 6.07) is 74.2. The van der Waals surface area contributed by atoms with E-state index in [-0.39, 0.29) is 0 Å². The maximum Gasteiger partial charge on any atom is 0.0542 e. The molecule has 0 amide bonds. The van der Waals surface area contributed by atoms with Gasteiger partial charge in [0.2, 0.25) is 0 Å². The number of rotatable bonds is 8. The third-order valence-electron chi connectivity index (χ3n) is 14.4. The smallest absolute Gasteiger partial charge is 0.0542 e. The van der Waals surface area contributed by atoms with E-state index in [4.69, 9.17) is 0 Å². The third-order valence-corrected chi connectivity index (χ3v) is 14.4. The second kappa shape index (κ2) is 16.6. The van der Waals surface area contributed by atoms with Crippen LogP contribution in [0.3, 0.4) is 0 Å². The van der Waals surface area contributed by atoms with E-state index < -0.39 is 0 Å². The summed E-state index contributed by atoms with van der Waals surface area (Å²) in [6.45, 7) is 6.43. The lowest BCUT2D eigenvalue weighted by atomic mass is 9.90. The maximum atomic E-state index is 4.32. The first-order chi connectivity index (χ1) is 34.1. The summed E-state index contributed by atoms with van der Waals surface area (Å²) in [5.74, 6) is 0. The van der Waals surface area contributed by atoms with Crippen LogP contribution in [-0.4, -0.2) is 4.57 Å². The molecule has 13 rings (SSSR count). The van der Waals surface area contributed by atoms with E-state index in [2.05, 4.69) is 254 Å². The van der Waals surface area contributed by atoms with Gasteiger partial charge in [-0.3, -0.25) is 0 Å². The minimum Gasteiger partial charge on any atom is -0.310 e.